The number of carbonyl (C=O) groups excluding carboxylic acids is 1. The maximum Gasteiger partial charge on any atom is 0.270 e. The lowest BCUT2D eigenvalue weighted by Crippen LogP contribution is -2.33. The fraction of sp³-hybridized carbons (Fsp3) is 0.286. The van der Waals surface area contributed by atoms with Crippen molar-refractivity contribution in [2.75, 3.05) is 6.54 Å². The fourth-order valence-electron chi connectivity index (χ4n) is 1.61. The smallest absolute Gasteiger partial charge is 0.270 e. The normalized spacial score (nSPS) is 11.3. The minimum absolute atomic E-state index is 0. The van der Waals surface area contributed by atoms with Gasteiger partial charge < -0.3 is 15.8 Å². The summed E-state index contributed by atoms with van der Waals surface area (Å²) < 4.78 is 5.67. The molecule has 1 aromatic heterocycles. The molecular formula is C14H18ClN3O2S. The molecule has 1 unspecified atom stereocenters. The van der Waals surface area contributed by atoms with E-state index in [1.165, 1.54) is 11.3 Å². The Balaban J connectivity index is 0.00000220. The molecule has 0 fully saturated rings. The summed E-state index contributed by atoms with van der Waals surface area (Å²) in [6.45, 7) is 2.67. The minimum Gasteiger partial charge on any atom is -0.489 e. The number of benzene rings is 1. The Bertz CT molecular complexity index is 562. The van der Waals surface area contributed by atoms with Gasteiger partial charge in [0, 0.05) is 11.9 Å². The average Bonchev–Trinajstić information content (AvgIpc) is 2.95. The zero-order valence-electron chi connectivity index (χ0n) is 11.6. The highest BCUT2D eigenvalue weighted by molar-refractivity contribution is 7.09. The number of hydrogen-bond acceptors (Lipinski definition) is 5. The highest BCUT2D eigenvalue weighted by atomic mass is 35.5. The molecular weight excluding hydrogens is 310 g/mol. The van der Waals surface area contributed by atoms with Crippen molar-refractivity contribution < 1.29 is 9.53 Å². The first-order valence-corrected chi connectivity index (χ1v) is 7.21. The molecule has 1 atom stereocenters. The SMILES string of the molecule is CC(CNC(=O)c1csc(CN)n1)Oc1ccccc1.Cl. The molecule has 1 aromatic carbocycles. The van der Waals surface area contributed by atoms with Gasteiger partial charge in [0.05, 0.1) is 6.54 Å². The van der Waals surface area contributed by atoms with Crippen LogP contribution in [-0.2, 0) is 6.54 Å². The van der Waals surface area contributed by atoms with E-state index in [1.807, 2.05) is 37.3 Å². The third-order valence-electron chi connectivity index (χ3n) is 2.59. The van der Waals surface area contributed by atoms with E-state index >= 15 is 0 Å². The van der Waals surface area contributed by atoms with Crippen molar-refractivity contribution in [3.05, 3.63) is 46.4 Å². The Kier molecular flexibility index (Phi) is 7.14. The van der Waals surface area contributed by atoms with E-state index in [9.17, 15) is 4.79 Å². The van der Waals surface area contributed by atoms with Gasteiger partial charge in [0.15, 0.2) is 0 Å². The van der Waals surface area contributed by atoms with E-state index in [4.69, 9.17) is 10.5 Å². The van der Waals surface area contributed by atoms with Crippen molar-refractivity contribution in [2.24, 2.45) is 5.73 Å². The van der Waals surface area contributed by atoms with E-state index in [-0.39, 0.29) is 24.4 Å². The maximum absolute atomic E-state index is 11.9. The Labute approximate surface area is 133 Å². The van der Waals surface area contributed by atoms with Crippen LogP contribution in [0.5, 0.6) is 5.75 Å². The quantitative estimate of drug-likeness (QED) is 0.853. The standard InChI is InChI=1S/C14H17N3O2S.ClH/c1-10(19-11-5-3-2-4-6-11)8-16-14(18)12-9-20-13(7-15)17-12;/h2-6,9-10H,7-8,15H2,1H3,(H,16,18);1H. The summed E-state index contributed by atoms with van der Waals surface area (Å²) in [5, 5.41) is 5.26. The van der Waals surface area contributed by atoms with E-state index in [0.717, 1.165) is 10.8 Å². The van der Waals surface area contributed by atoms with Crippen molar-refractivity contribution in [3.63, 3.8) is 0 Å². The van der Waals surface area contributed by atoms with Crippen LogP contribution >= 0.6 is 23.7 Å². The van der Waals surface area contributed by atoms with Gasteiger partial charge in [-0.05, 0) is 19.1 Å². The molecule has 0 aliphatic heterocycles. The molecule has 0 saturated carbocycles. The second-order valence-electron chi connectivity index (χ2n) is 4.28. The summed E-state index contributed by atoms with van der Waals surface area (Å²) in [6.07, 6.45) is -0.117. The topological polar surface area (TPSA) is 77.2 Å². The molecule has 1 amide bonds. The number of para-hydroxylation sites is 1. The molecule has 3 N–H and O–H groups in total. The van der Waals surface area contributed by atoms with Gasteiger partial charge in [-0.3, -0.25) is 4.79 Å². The van der Waals surface area contributed by atoms with Crippen LogP contribution in [0, 0.1) is 0 Å². The molecule has 2 aromatic rings. The number of halogens is 1. The molecule has 0 aliphatic carbocycles. The summed E-state index contributed by atoms with van der Waals surface area (Å²) in [5.41, 5.74) is 5.87. The number of nitrogens with one attached hydrogen (secondary N) is 1. The zero-order chi connectivity index (χ0) is 14.4. The van der Waals surface area contributed by atoms with Crippen LogP contribution in [0.2, 0.25) is 0 Å². The Morgan fingerprint density at radius 2 is 2.14 bits per heavy atom. The molecule has 0 radical (unpaired) electrons. The third-order valence-corrected chi connectivity index (χ3v) is 3.46. The van der Waals surface area contributed by atoms with Crippen LogP contribution in [0.4, 0.5) is 0 Å². The van der Waals surface area contributed by atoms with Crippen LogP contribution < -0.4 is 15.8 Å². The number of hydrogen-bond donors (Lipinski definition) is 2. The molecule has 0 saturated heterocycles. The van der Waals surface area contributed by atoms with Crippen molar-refractivity contribution in [1.29, 1.82) is 0 Å². The maximum atomic E-state index is 11.9. The van der Waals surface area contributed by atoms with Gasteiger partial charge in [-0.25, -0.2) is 4.98 Å². The van der Waals surface area contributed by atoms with Crippen LogP contribution in [0.25, 0.3) is 0 Å². The first-order valence-electron chi connectivity index (χ1n) is 6.33. The van der Waals surface area contributed by atoms with E-state index < -0.39 is 0 Å². The molecule has 1 heterocycles. The van der Waals surface area contributed by atoms with Gasteiger partial charge in [-0.15, -0.1) is 23.7 Å². The second-order valence-corrected chi connectivity index (χ2v) is 5.22. The van der Waals surface area contributed by atoms with E-state index in [2.05, 4.69) is 10.3 Å². The number of amides is 1. The van der Waals surface area contributed by atoms with E-state index in [1.54, 1.807) is 5.38 Å². The van der Waals surface area contributed by atoms with Gasteiger partial charge in [-0.2, -0.15) is 0 Å². The molecule has 21 heavy (non-hydrogen) atoms. The summed E-state index contributed by atoms with van der Waals surface area (Å²) >= 11 is 1.39. The number of rotatable bonds is 6. The summed E-state index contributed by atoms with van der Waals surface area (Å²) in [4.78, 5) is 16.0. The first kappa shape index (κ1) is 17.4. The Morgan fingerprint density at radius 1 is 1.43 bits per heavy atom. The predicted octanol–water partition coefficient (Wildman–Crippen LogP) is 2.22. The predicted molar refractivity (Wildman–Crippen MR) is 86.1 cm³/mol. The number of ether oxygens (including phenoxy) is 1. The lowest BCUT2D eigenvalue weighted by Gasteiger charge is -2.14. The van der Waals surface area contributed by atoms with Crippen LogP contribution in [0.3, 0.4) is 0 Å². The fourth-order valence-corrected chi connectivity index (χ4v) is 2.26. The lowest BCUT2D eigenvalue weighted by atomic mass is 10.3. The number of aromatic nitrogens is 1. The highest BCUT2D eigenvalue weighted by Crippen LogP contribution is 2.11. The van der Waals surface area contributed by atoms with Crippen molar-refractivity contribution in [3.8, 4) is 5.75 Å². The monoisotopic (exact) mass is 327 g/mol. The van der Waals surface area contributed by atoms with Crippen molar-refractivity contribution in [1.82, 2.24) is 10.3 Å². The van der Waals surface area contributed by atoms with E-state index in [0.29, 0.717) is 18.8 Å². The van der Waals surface area contributed by atoms with Crippen molar-refractivity contribution >= 4 is 29.7 Å². The number of carbonyl (C=O) groups is 1. The number of thiazole rings is 1. The molecule has 0 bridgehead atoms. The lowest BCUT2D eigenvalue weighted by molar-refractivity contribution is 0.0928. The number of nitrogens with zero attached hydrogens (tertiary/aromatic N) is 1. The molecule has 0 aliphatic rings. The second kappa shape index (κ2) is 8.61. The van der Waals surface area contributed by atoms with Gasteiger partial charge in [0.2, 0.25) is 0 Å². The Morgan fingerprint density at radius 3 is 2.76 bits per heavy atom. The average molecular weight is 328 g/mol. The molecule has 0 spiro atoms. The zero-order valence-corrected chi connectivity index (χ0v) is 13.2. The largest absolute Gasteiger partial charge is 0.489 e. The summed E-state index contributed by atoms with van der Waals surface area (Å²) in [7, 11) is 0. The highest BCUT2D eigenvalue weighted by Gasteiger charge is 2.12. The summed E-state index contributed by atoms with van der Waals surface area (Å²) in [6, 6.07) is 9.50. The van der Waals surface area contributed by atoms with Crippen molar-refractivity contribution in [2.45, 2.75) is 19.6 Å². The van der Waals surface area contributed by atoms with Gasteiger partial charge >= 0.3 is 0 Å². The van der Waals surface area contributed by atoms with Crippen LogP contribution in [0.1, 0.15) is 22.4 Å². The number of nitrogens with two attached hydrogens (primary N) is 1. The van der Waals surface area contributed by atoms with Gasteiger partial charge in [-0.1, -0.05) is 18.2 Å². The first-order chi connectivity index (χ1) is 9.69. The van der Waals surface area contributed by atoms with Gasteiger partial charge in [0.25, 0.3) is 5.91 Å². The van der Waals surface area contributed by atoms with Gasteiger partial charge in [0.1, 0.15) is 22.6 Å². The molecule has 5 nitrogen and oxygen atoms in total. The molecule has 2 rings (SSSR count). The van der Waals surface area contributed by atoms with Crippen LogP contribution in [0.15, 0.2) is 35.7 Å². The summed E-state index contributed by atoms with van der Waals surface area (Å²) in [5.74, 6) is 0.581. The van der Waals surface area contributed by atoms with Crippen LogP contribution in [-0.4, -0.2) is 23.5 Å². The minimum atomic E-state index is -0.204. The Hall–Kier alpha value is -1.63. The third kappa shape index (κ3) is 5.34. The molecule has 114 valence electrons. The molecule has 7 heteroatoms.